The van der Waals surface area contributed by atoms with Crippen LogP contribution >= 0.6 is 0 Å². The van der Waals surface area contributed by atoms with Gasteiger partial charge in [0.15, 0.2) is 0 Å². The molecule has 0 amide bonds. The molecule has 2 N–H and O–H groups in total. The molecule has 0 aliphatic carbocycles. The molecule has 1 aliphatic heterocycles. The minimum Gasteiger partial charge on any atom is -0.493 e. The van der Waals surface area contributed by atoms with Gasteiger partial charge in [0.2, 0.25) is 0 Å². The van der Waals surface area contributed by atoms with Crippen molar-refractivity contribution in [3.8, 4) is 16.9 Å². The molecule has 0 aromatic heterocycles. The molecule has 1 heterocycles. The third-order valence-corrected chi connectivity index (χ3v) is 3.80. The molecule has 0 saturated carbocycles. The maximum atomic E-state index is 5.85. The van der Waals surface area contributed by atoms with Gasteiger partial charge < -0.3 is 15.4 Å². The lowest BCUT2D eigenvalue weighted by atomic mass is 9.98. The van der Waals surface area contributed by atoms with E-state index in [1.54, 1.807) is 0 Å². The zero-order valence-corrected chi connectivity index (χ0v) is 12.0. The minimum atomic E-state index is 0.520. The second-order valence-electron chi connectivity index (χ2n) is 5.37. The molecule has 3 nitrogen and oxygen atoms in total. The van der Waals surface area contributed by atoms with Gasteiger partial charge in [0.25, 0.3) is 0 Å². The lowest BCUT2D eigenvalue weighted by Crippen LogP contribution is -2.07. The van der Waals surface area contributed by atoms with Crippen molar-refractivity contribution in [2.45, 2.75) is 13.0 Å². The summed E-state index contributed by atoms with van der Waals surface area (Å²) in [5.74, 6) is 1.00. The first kappa shape index (κ1) is 13.0. The maximum absolute atomic E-state index is 5.85. The van der Waals surface area contributed by atoms with Crippen LogP contribution in [0.4, 0.5) is 5.69 Å². The SMILES string of the molecule is CN(C)c1ccc(-c2cc(CN)c3c(c2)CCO3)cc1. The van der Waals surface area contributed by atoms with Crippen molar-refractivity contribution in [2.75, 3.05) is 25.6 Å². The summed E-state index contributed by atoms with van der Waals surface area (Å²) in [6.07, 6.45) is 0.978. The van der Waals surface area contributed by atoms with Crippen molar-refractivity contribution < 1.29 is 4.74 Å². The Hall–Kier alpha value is -2.00. The fourth-order valence-electron chi connectivity index (χ4n) is 2.66. The smallest absolute Gasteiger partial charge is 0.127 e. The van der Waals surface area contributed by atoms with Gasteiger partial charge in [-0.3, -0.25) is 0 Å². The first-order valence-electron chi connectivity index (χ1n) is 6.95. The average Bonchev–Trinajstić information content (AvgIpc) is 2.94. The number of hydrogen-bond donors (Lipinski definition) is 1. The van der Waals surface area contributed by atoms with Crippen LogP contribution in [0.25, 0.3) is 11.1 Å². The van der Waals surface area contributed by atoms with Crippen molar-refractivity contribution in [3.05, 3.63) is 47.5 Å². The number of fused-ring (bicyclic) bond motifs is 1. The summed E-state index contributed by atoms with van der Waals surface area (Å²) in [6.45, 7) is 1.29. The molecule has 3 heteroatoms. The highest BCUT2D eigenvalue weighted by Crippen LogP contribution is 2.34. The largest absolute Gasteiger partial charge is 0.493 e. The standard InChI is InChI=1S/C17H20N2O/c1-19(2)16-5-3-12(4-6-16)14-9-13-7-8-20-17(13)15(10-14)11-18/h3-6,9-10H,7-8,11,18H2,1-2H3. The lowest BCUT2D eigenvalue weighted by molar-refractivity contribution is 0.353. The van der Waals surface area contributed by atoms with Crippen molar-refractivity contribution in [2.24, 2.45) is 5.73 Å². The highest BCUT2D eigenvalue weighted by Gasteiger charge is 2.17. The molecule has 3 rings (SSSR count). The molecule has 0 unspecified atom stereocenters. The quantitative estimate of drug-likeness (QED) is 0.930. The van der Waals surface area contributed by atoms with Crippen LogP contribution in [0.5, 0.6) is 5.75 Å². The Balaban J connectivity index is 2.02. The Morgan fingerprint density at radius 1 is 1.10 bits per heavy atom. The van der Waals surface area contributed by atoms with E-state index in [0.717, 1.165) is 24.3 Å². The normalized spacial score (nSPS) is 12.9. The number of ether oxygens (including phenoxy) is 1. The van der Waals surface area contributed by atoms with Crippen LogP contribution in [-0.2, 0) is 13.0 Å². The third kappa shape index (κ3) is 2.25. The molecule has 2 aromatic rings. The number of hydrogen-bond acceptors (Lipinski definition) is 3. The molecule has 0 atom stereocenters. The number of anilines is 1. The molecular formula is C17H20N2O. The monoisotopic (exact) mass is 268 g/mol. The van der Waals surface area contributed by atoms with Crippen molar-refractivity contribution in [3.63, 3.8) is 0 Å². The van der Waals surface area contributed by atoms with Gasteiger partial charge in [0.05, 0.1) is 6.61 Å². The summed E-state index contributed by atoms with van der Waals surface area (Å²) < 4.78 is 5.68. The van der Waals surface area contributed by atoms with Gasteiger partial charge in [0, 0.05) is 38.3 Å². The van der Waals surface area contributed by atoms with Gasteiger partial charge in [-0.25, -0.2) is 0 Å². The van der Waals surface area contributed by atoms with E-state index in [0.29, 0.717) is 6.54 Å². The van der Waals surface area contributed by atoms with E-state index < -0.39 is 0 Å². The molecule has 104 valence electrons. The average molecular weight is 268 g/mol. The van der Waals surface area contributed by atoms with Crippen LogP contribution in [0.3, 0.4) is 0 Å². The Bertz CT molecular complexity index is 618. The molecule has 0 saturated heterocycles. The van der Waals surface area contributed by atoms with E-state index >= 15 is 0 Å². The Morgan fingerprint density at radius 3 is 2.50 bits per heavy atom. The molecule has 2 aromatic carbocycles. The number of rotatable bonds is 3. The van der Waals surface area contributed by atoms with E-state index in [9.17, 15) is 0 Å². The van der Waals surface area contributed by atoms with Crippen LogP contribution in [0, 0.1) is 0 Å². The minimum absolute atomic E-state index is 0.520. The summed E-state index contributed by atoms with van der Waals surface area (Å²) in [6, 6.07) is 13.0. The first-order chi connectivity index (χ1) is 9.69. The first-order valence-corrected chi connectivity index (χ1v) is 6.95. The highest BCUT2D eigenvalue weighted by molar-refractivity contribution is 5.70. The van der Waals surface area contributed by atoms with E-state index in [4.69, 9.17) is 10.5 Å². The highest BCUT2D eigenvalue weighted by atomic mass is 16.5. The molecule has 0 spiro atoms. The second-order valence-corrected chi connectivity index (χ2v) is 5.37. The van der Waals surface area contributed by atoms with Crippen molar-refractivity contribution in [1.82, 2.24) is 0 Å². The van der Waals surface area contributed by atoms with Crippen LogP contribution in [0.1, 0.15) is 11.1 Å². The van der Waals surface area contributed by atoms with Crippen LogP contribution in [0.2, 0.25) is 0 Å². The Labute approximate surface area is 120 Å². The third-order valence-electron chi connectivity index (χ3n) is 3.80. The van der Waals surface area contributed by atoms with Gasteiger partial charge in [-0.2, -0.15) is 0 Å². The predicted molar refractivity (Wildman–Crippen MR) is 83.3 cm³/mol. The summed E-state index contributed by atoms with van der Waals surface area (Å²) >= 11 is 0. The van der Waals surface area contributed by atoms with E-state index in [2.05, 4.69) is 41.3 Å². The topological polar surface area (TPSA) is 38.5 Å². The van der Waals surface area contributed by atoms with Crippen LogP contribution in [-0.4, -0.2) is 20.7 Å². The summed E-state index contributed by atoms with van der Waals surface area (Å²) in [5, 5.41) is 0. The summed E-state index contributed by atoms with van der Waals surface area (Å²) in [4.78, 5) is 2.10. The van der Waals surface area contributed by atoms with Gasteiger partial charge in [-0.05, 0) is 41.0 Å². The van der Waals surface area contributed by atoms with E-state index in [-0.39, 0.29) is 0 Å². The maximum Gasteiger partial charge on any atom is 0.127 e. The molecule has 0 radical (unpaired) electrons. The Morgan fingerprint density at radius 2 is 1.85 bits per heavy atom. The van der Waals surface area contributed by atoms with Crippen LogP contribution in [0.15, 0.2) is 36.4 Å². The van der Waals surface area contributed by atoms with E-state index in [1.165, 1.54) is 22.4 Å². The van der Waals surface area contributed by atoms with E-state index in [1.807, 2.05) is 14.1 Å². The predicted octanol–water partition coefficient (Wildman–Crippen LogP) is 2.81. The number of nitrogens with zero attached hydrogens (tertiary/aromatic N) is 1. The second kappa shape index (κ2) is 5.17. The molecule has 0 fully saturated rings. The lowest BCUT2D eigenvalue weighted by Gasteiger charge is -2.14. The fraction of sp³-hybridized carbons (Fsp3) is 0.294. The molecular weight excluding hydrogens is 248 g/mol. The van der Waals surface area contributed by atoms with Gasteiger partial charge in [0.1, 0.15) is 5.75 Å². The van der Waals surface area contributed by atoms with Crippen molar-refractivity contribution >= 4 is 5.69 Å². The van der Waals surface area contributed by atoms with Gasteiger partial charge in [-0.1, -0.05) is 12.1 Å². The summed E-state index contributed by atoms with van der Waals surface area (Å²) in [5.41, 5.74) is 11.9. The molecule has 1 aliphatic rings. The summed E-state index contributed by atoms with van der Waals surface area (Å²) in [7, 11) is 4.10. The molecule has 0 bridgehead atoms. The van der Waals surface area contributed by atoms with Gasteiger partial charge in [-0.15, -0.1) is 0 Å². The number of nitrogens with two attached hydrogens (primary N) is 1. The number of benzene rings is 2. The zero-order valence-electron chi connectivity index (χ0n) is 12.0. The van der Waals surface area contributed by atoms with Crippen LogP contribution < -0.4 is 15.4 Å². The fourth-order valence-corrected chi connectivity index (χ4v) is 2.66. The van der Waals surface area contributed by atoms with Crippen molar-refractivity contribution in [1.29, 1.82) is 0 Å². The Kier molecular flexibility index (Phi) is 3.36. The zero-order chi connectivity index (χ0) is 14.1. The van der Waals surface area contributed by atoms with Gasteiger partial charge >= 0.3 is 0 Å². The molecule has 20 heavy (non-hydrogen) atoms.